The summed E-state index contributed by atoms with van der Waals surface area (Å²) in [5.41, 5.74) is 7.92. The molecule has 0 heterocycles. The molecule has 2 amide bonds. The number of hydrogen-bond donors (Lipinski definition) is 3. The number of carbonyl (C=O) groups is 2. The first kappa shape index (κ1) is 19.2. The molecule has 0 aliphatic carbocycles. The van der Waals surface area contributed by atoms with Crippen LogP contribution in [0.5, 0.6) is 0 Å². The highest BCUT2D eigenvalue weighted by Gasteiger charge is 2.09. The van der Waals surface area contributed by atoms with Gasteiger partial charge in [-0.25, -0.2) is 4.39 Å². The Balaban J connectivity index is 1.79. The van der Waals surface area contributed by atoms with Crippen LogP contribution in [0.15, 0.2) is 55.1 Å². The highest BCUT2D eigenvalue weighted by molar-refractivity contribution is 5.96. The van der Waals surface area contributed by atoms with Crippen LogP contribution in [0.25, 0.3) is 5.70 Å². The van der Waals surface area contributed by atoms with Gasteiger partial charge in [0.15, 0.2) is 0 Å². The summed E-state index contributed by atoms with van der Waals surface area (Å²) in [4.78, 5) is 23.7. The Hall–Kier alpha value is -3.15. The SMILES string of the molecule is C=C(NNC(=O)CNC(=O)c1cccc(F)c1)c1ccc(C(C)C)cc1. The van der Waals surface area contributed by atoms with E-state index in [9.17, 15) is 14.0 Å². The molecule has 0 fully saturated rings. The Kier molecular flexibility index (Phi) is 6.49. The molecule has 136 valence electrons. The van der Waals surface area contributed by atoms with Gasteiger partial charge in [0.2, 0.25) is 0 Å². The number of amides is 2. The van der Waals surface area contributed by atoms with Crippen molar-refractivity contribution in [3.8, 4) is 0 Å². The lowest BCUT2D eigenvalue weighted by molar-refractivity contribution is -0.120. The van der Waals surface area contributed by atoms with Gasteiger partial charge >= 0.3 is 0 Å². The Morgan fingerprint density at radius 2 is 1.73 bits per heavy atom. The normalized spacial score (nSPS) is 10.3. The predicted molar refractivity (Wildman–Crippen MR) is 99.6 cm³/mol. The highest BCUT2D eigenvalue weighted by atomic mass is 19.1. The maximum absolute atomic E-state index is 13.1. The van der Waals surface area contributed by atoms with Crippen molar-refractivity contribution in [1.29, 1.82) is 0 Å². The predicted octanol–water partition coefficient (Wildman–Crippen LogP) is 2.97. The molecular formula is C20H22FN3O2. The van der Waals surface area contributed by atoms with E-state index in [1.807, 2.05) is 24.3 Å². The molecule has 0 aliphatic rings. The van der Waals surface area contributed by atoms with E-state index in [1.165, 1.54) is 23.8 Å². The Labute approximate surface area is 152 Å². The van der Waals surface area contributed by atoms with Crippen LogP contribution < -0.4 is 16.2 Å². The summed E-state index contributed by atoms with van der Waals surface area (Å²) in [6.45, 7) is 7.84. The molecule has 5 nitrogen and oxygen atoms in total. The molecule has 3 N–H and O–H groups in total. The van der Waals surface area contributed by atoms with Gasteiger partial charge in [-0.3, -0.25) is 20.4 Å². The third kappa shape index (κ3) is 5.44. The molecule has 26 heavy (non-hydrogen) atoms. The van der Waals surface area contributed by atoms with Crippen LogP contribution in [0.1, 0.15) is 41.3 Å². The van der Waals surface area contributed by atoms with Gasteiger partial charge in [-0.1, -0.05) is 50.8 Å². The summed E-state index contributed by atoms with van der Waals surface area (Å²) >= 11 is 0. The fraction of sp³-hybridized carbons (Fsp3) is 0.200. The molecule has 2 aromatic carbocycles. The third-order valence-corrected chi connectivity index (χ3v) is 3.77. The second-order valence-corrected chi connectivity index (χ2v) is 6.12. The molecule has 0 aromatic heterocycles. The summed E-state index contributed by atoms with van der Waals surface area (Å²) in [5.74, 6) is -1.05. The summed E-state index contributed by atoms with van der Waals surface area (Å²) < 4.78 is 13.1. The number of hydrazine groups is 1. The van der Waals surface area contributed by atoms with Crippen molar-refractivity contribution < 1.29 is 14.0 Å². The van der Waals surface area contributed by atoms with Crippen molar-refractivity contribution in [3.63, 3.8) is 0 Å². The summed E-state index contributed by atoms with van der Waals surface area (Å²) in [6, 6.07) is 13.1. The van der Waals surface area contributed by atoms with Gasteiger partial charge in [0.1, 0.15) is 5.82 Å². The number of nitrogens with one attached hydrogen (secondary N) is 3. The largest absolute Gasteiger partial charge is 0.343 e. The maximum Gasteiger partial charge on any atom is 0.257 e. The first-order chi connectivity index (χ1) is 12.4. The molecule has 2 aromatic rings. The van der Waals surface area contributed by atoms with Crippen LogP contribution in [-0.4, -0.2) is 18.4 Å². The van der Waals surface area contributed by atoms with Crippen molar-refractivity contribution in [2.45, 2.75) is 19.8 Å². The zero-order valence-corrected chi connectivity index (χ0v) is 14.8. The molecule has 0 unspecified atom stereocenters. The summed E-state index contributed by atoms with van der Waals surface area (Å²) in [5, 5.41) is 2.42. The van der Waals surface area contributed by atoms with Crippen LogP contribution in [0.4, 0.5) is 4.39 Å². The number of rotatable bonds is 7. The lowest BCUT2D eigenvalue weighted by Gasteiger charge is -2.13. The average molecular weight is 355 g/mol. The van der Waals surface area contributed by atoms with Gasteiger partial charge < -0.3 is 5.32 Å². The van der Waals surface area contributed by atoms with E-state index in [1.54, 1.807) is 0 Å². The lowest BCUT2D eigenvalue weighted by atomic mass is 10.0. The van der Waals surface area contributed by atoms with Crippen LogP contribution in [-0.2, 0) is 4.79 Å². The fourth-order valence-corrected chi connectivity index (χ4v) is 2.22. The van der Waals surface area contributed by atoms with Crippen molar-refractivity contribution in [3.05, 3.63) is 77.6 Å². The topological polar surface area (TPSA) is 70.2 Å². The molecule has 0 radical (unpaired) electrons. The average Bonchev–Trinajstić information content (AvgIpc) is 2.64. The van der Waals surface area contributed by atoms with Gasteiger partial charge in [-0.05, 0) is 35.2 Å². The minimum Gasteiger partial charge on any atom is -0.343 e. The third-order valence-electron chi connectivity index (χ3n) is 3.77. The van der Waals surface area contributed by atoms with Crippen molar-refractivity contribution in [1.82, 2.24) is 16.2 Å². The van der Waals surface area contributed by atoms with E-state index in [4.69, 9.17) is 0 Å². The molecule has 0 spiro atoms. The molecule has 0 bridgehead atoms. The smallest absolute Gasteiger partial charge is 0.257 e. The standard InChI is InChI=1S/C20H22FN3O2/c1-13(2)15-7-9-16(10-8-15)14(3)23-24-19(25)12-22-20(26)17-5-4-6-18(21)11-17/h4-11,13,23H,3,12H2,1-2H3,(H,22,26)(H,24,25). The first-order valence-electron chi connectivity index (χ1n) is 8.24. The number of carbonyl (C=O) groups excluding carboxylic acids is 2. The van der Waals surface area contributed by atoms with Gasteiger partial charge in [0.05, 0.1) is 12.2 Å². The molecule has 0 saturated heterocycles. The zero-order chi connectivity index (χ0) is 19.1. The quantitative estimate of drug-likeness (QED) is 0.669. The molecule has 0 saturated carbocycles. The van der Waals surface area contributed by atoms with Crippen LogP contribution in [0, 0.1) is 5.82 Å². The van der Waals surface area contributed by atoms with E-state index >= 15 is 0 Å². The molecule has 0 aliphatic heterocycles. The van der Waals surface area contributed by atoms with Crippen LogP contribution in [0.3, 0.4) is 0 Å². The van der Waals surface area contributed by atoms with Crippen molar-refractivity contribution in [2.24, 2.45) is 0 Å². The molecular weight excluding hydrogens is 333 g/mol. The molecule has 2 rings (SSSR count). The second-order valence-electron chi connectivity index (χ2n) is 6.12. The molecule has 6 heteroatoms. The second kappa shape index (κ2) is 8.80. The van der Waals surface area contributed by atoms with E-state index in [0.29, 0.717) is 11.6 Å². The summed E-state index contributed by atoms with van der Waals surface area (Å²) in [6.07, 6.45) is 0. The van der Waals surface area contributed by atoms with Gasteiger partial charge in [-0.2, -0.15) is 0 Å². The minimum atomic E-state index is -0.525. The van der Waals surface area contributed by atoms with E-state index in [-0.39, 0.29) is 12.1 Å². The van der Waals surface area contributed by atoms with Gasteiger partial charge in [-0.15, -0.1) is 0 Å². The van der Waals surface area contributed by atoms with Crippen LogP contribution >= 0.6 is 0 Å². The number of hydrogen-bond acceptors (Lipinski definition) is 3. The Morgan fingerprint density at radius 1 is 1.04 bits per heavy atom. The van der Waals surface area contributed by atoms with E-state index < -0.39 is 17.6 Å². The molecule has 0 atom stereocenters. The van der Waals surface area contributed by atoms with Gasteiger partial charge in [0.25, 0.3) is 11.8 Å². The van der Waals surface area contributed by atoms with Crippen molar-refractivity contribution in [2.75, 3.05) is 6.54 Å². The zero-order valence-electron chi connectivity index (χ0n) is 14.8. The number of halogens is 1. The van der Waals surface area contributed by atoms with Crippen molar-refractivity contribution >= 4 is 17.5 Å². The fourth-order valence-electron chi connectivity index (χ4n) is 2.22. The Bertz CT molecular complexity index is 801. The van der Waals surface area contributed by atoms with Crippen LogP contribution in [0.2, 0.25) is 0 Å². The van der Waals surface area contributed by atoms with Gasteiger partial charge in [0, 0.05) is 5.56 Å². The number of benzene rings is 2. The first-order valence-corrected chi connectivity index (χ1v) is 8.24. The lowest BCUT2D eigenvalue weighted by Crippen LogP contribution is -2.42. The van der Waals surface area contributed by atoms with E-state index in [0.717, 1.165) is 11.6 Å². The Morgan fingerprint density at radius 3 is 2.35 bits per heavy atom. The van der Waals surface area contributed by atoms with E-state index in [2.05, 4.69) is 36.6 Å². The summed E-state index contributed by atoms with van der Waals surface area (Å²) in [7, 11) is 0. The monoisotopic (exact) mass is 355 g/mol. The maximum atomic E-state index is 13.1. The minimum absolute atomic E-state index is 0.153. The highest BCUT2D eigenvalue weighted by Crippen LogP contribution is 2.17.